The van der Waals surface area contributed by atoms with E-state index < -0.39 is 0 Å². The molecule has 1 unspecified atom stereocenters. The number of hydrogen-bond acceptors (Lipinski definition) is 1. The van der Waals surface area contributed by atoms with Crippen LogP contribution in [0.1, 0.15) is 45.0 Å². The Hall–Kier alpha value is -0.540. The second-order valence-corrected chi connectivity index (χ2v) is 7.24. The Labute approximate surface area is 127 Å². The predicted octanol–water partition coefficient (Wildman–Crippen LogP) is 5.29. The van der Waals surface area contributed by atoms with Gasteiger partial charge < -0.3 is 4.57 Å². The van der Waals surface area contributed by atoms with Crippen molar-refractivity contribution in [2.24, 2.45) is 5.41 Å². The number of alkyl halides is 1. The monoisotopic (exact) mass is 340 g/mol. The Morgan fingerprint density at radius 3 is 2.89 bits per heavy atom. The summed E-state index contributed by atoms with van der Waals surface area (Å²) in [7, 11) is 0. The van der Waals surface area contributed by atoms with Gasteiger partial charge in [0.2, 0.25) is 0 Å². The number of rotatable bonds is 2. The molecule has 1 aliphatic rings. The van der Waals surface area contributed by atoms with Gasteiger partial charge in [-0.3, -0.25) is 0 Å². The van der Waals surface area contributed by atoms with Crippen molar-refractivity contribution in [1.29, 1.82) is 0 Å². The van der Waals surface area contributed by atoms with Gasteiger partial charge in [-0.15, -0.1) is 11.6 Å². The second kappa shape index (κ2) is 4.78. The normalized spacial score (nSPS) is 22.2. The summed E-state index contributed by atoms with van der Waals surface area (Å²) >= 11 is 9.68. The van der Waals surface area contributed by atoms with Crippen LogP contribution in [0.15, 0.2) is 22.7 Å². The SMILES string of the molecule is CC1(C)CCCC1n1c(CCl)nc2ccc(Br)cc21. The van der Waals surface area contributed by atoms with Crippen LogP contribution in [0.25, 0.3) is 11.0 Å². The maximum atomic E-state index is 6.12. The first kappa shape index (κ1) is 13.4. The highest BCUT2D eigenvalue weighted by atomic mass is 79.9. The fourth-order valence-corrected chi connectivity index (χ4v) is 3.88. The van der Waals surface area contributed by atoms with Gasteiger partial charge in [-0.2, -0.15) is 0 Å². The molecule has 0 amide bonds. The van der Waals surface area contributed by atoms with E-state index >= 15 is 0 Å². The number of benzene rings is 1. The predicted molar refractivity (Wildman–Crippen MR) is 83.7 cm³/mol. The molecule has 2 nitrogen and oxygen atoms in total. The molecule has 0 radical (unpaired) electrons. The summed E-state index contributed by atoms with van der Waals surface area (Å²) < 4.78 is 3.47. The lowest BCUT2D eigenvalue weighted by Crippen LogP contribution is -2.22. The molecule has 1 atom stereocenters. The first-order valence-electron chi connectivity index (χ1n) is 6.75. The molecule has 0 N–H and O–H groups in total. The lowest BCUT2D eigenvalue weighted by atomic mass is 9.87. The summed E-state index contributed by atoms with van der Waals surface area (Å²) in [5.74, 6) is 1.47. The largest absolute Gasteiger partial charge is 0.323 e. The van der Waals surface area contributed by atoms with Gasteiger partial charge in [0, 0.05) is 10.5 Å². The van der Waals surface area contributed by atoms with Crippen molar-refractivity contribution < 1.29 is 0 Å². The van der Waals surface area contributed by atoms with Crippen molar-refractivity contribution in [3.63, 3.8) is 0 Å². The highest BCUT2D eigenvalue weighted by molar-refractivity contribution is 9.10. The number of imidazole rings is 1. The molecule has 3 rings (SSSR count). The quantitative estimate of drug-likeness (QED) is 0.679. The smallest absolute Gasteiger partial charge is 0.125 e. The van der Waals surface area contributed by atoms with Gasteiger partial charge in [-0.25, -0.2) is 4.98 Å². The molecule has 1 aromatic heterocycles. The van der Waals surface area contributed by atoms with Crippen LogP contribution in [0.2, 0.25) is 0 Å². The molecule has 1 fully saturated rings. The molecule has 0 saturated heterocycles. The number of halogens is 2. The van der Waals surface area contributed by atoms with E-state index in [1.807, 2.05) is 6.07 Å². The summed E-state index contributed by atoms with van der Waals surface area (Å²) in [4.78, 5) is 4.69. The average Bonchev–Trinajstić information content (AvgIpc) is 2.88. The van der Waals surface area contributed by atoms with Crippen LogP contribution in [0, 0.1) is 5.41 Å². The maximum Gasteiger partial charge on any atom is 0.125 e. The number of aromatic nitrogens is 2. The average molecular weight is 342 g/mol. The molecule has 1 aliphatic carbocycles. The minimum absolute atomic E-state index is 0.316. The Bertz CT molecular complexity index is 618. The molecule has 19 heavy (non-hydrogen) atoms. The fourth-order valence-electron chi connectivity index (χ4n) is 3.35. The van der Waals surface area contributed by atoms with Crippen molar-refractivity contribution in [3.8, 4) is 0 Å². The molecule has 4 heteroatoms. The van der Waals surface area contributed by atoms with Gasteiger partial charge in [-0.1, -0.05) is 36.2 Å². The molecular weight excluding hydrogens is 324 g/mol. The van der Waals surface area contributed by atoms with Gasteiger partial charge in [-0.05, 0) is 36.5 Å². The molecule has 102 valence electrons. The van der Waals surface area contributed by atoms with E-state index in [-0.39, 0.29) is 0 Å². The van der Waals surface area contributed by atoms with Crippen LogP contribution in [0.3, 0.4) is 0 Å². The number of hydrogen-bond donors (Lipinski definition) is 0. The number of fused-ring (bicyclic) bond motifs is 1. The third kappa shape index (κ3) is 2.21. The van der Waals surface area contributed by atoms with Crippen molar-refractivity contribution in [3.05, 3.63) is 28.5 Å². The topological polar surface area (TPSA) is 17.8 Å². The summed E-state index contributed by atoms with van der Waals surface area (Å²) in [6, 6.07) is 6.76. The van der Waals surface area contributed by atoms with E-state index in [2.05, 4.69) is 46.5 Å². The van der Waals surface area contributed by atoms with Gasteiger partial charge in [0.05, 0.1) is 16.9 Å². The summed E-state index contributed by atoms with van der Waals surface area (Å²) in [5.41, 5.74) is 2.56. The lowest BCUT2D eigenvalue weighted by molar-refractivity contribution is 0.262. The van der Waals surface area contributed by atoms with Crippen molar-refractivity contribution >= 4 is 38.6 Å². The third-order valence-electron chi connectivity index (χ3n) is 4.36. The van der Waals surface area contributed by atoms with Crippen LogP contribution in [0.4, 0.5) is 0 Å². The van der Waals surface area contributed by atoms with E-state index in [1.165, 1.54) is 24.8 Å². The van der Waals surface area contributed by atoms with Crippen LogP contribution in [0.5, 0.6) is 0 Å². The zero-order valence-corrected chi connectivity index (χ0v) is 13.6. The van der Waals surface area contributed by atoms with Crippen molar-refractivity contribution in [2.75, 3.05) is 0 Å². The summed E-state index contributed by atoms with van der Waals surface area (Å²) in [5, 5.41) is 0. The Morgan fingerprint density at radius 2 is 2.26 bits per heavy atom. The highest BCUT2D eigenvalue weighted by Crippen LogP contribution is 2.47. The van der Waals surface area contributed by atoms with Crippen LogP contribution in [-0.4, -0.2) is 9.55 Å². The highest BCUT2D eigenvalue weighted by Gasteiger charge is 2.37. The van der Waals surface area contributed by atoms with Gasteiger partial charge in [0.1, 0.15) is 5.82 Å². The molecule has 1 heterocycles. The molecule has 1 aromatic carbocycles. The van der Waals surface area contributed by atoms with Crippen molar-refractivity contribution in [2.45, 2.75) is 45.0 Å². The van der Waals surface area contributed by atoms with Crippen molar-refractivity contribution in [1.82, 2.24) is 9.55 Å². The lowest BCUT2D eigenvalue weighted by Gasteiger charge is -2.30. The van der Waals surface area contributed by atoms with E-state index in [0.29, 0.717) is 17.3 Å². The Morgan fingerprint density at radius 1 is 1.47 bits per heavy atom. The van der Waals surface area contributed by atoms with E-state index in [9.17, 15) is 0 Å². The molecule has 0 aliphatic heterocycles. The van der Waals surface area contributed by atoms with Crippen LogP contribution in [-0.2, 0) is 5.88 Å². The minimum Gasteiger partial charge on any atom is -0.323 e. The summed E-state index contributed by atoms with van der Waals surface area (Å²) in [6.45, 7) is 4.71. The van der Waals surface area contributed by atoms with E-state index in [1.54, 1.807) is 0 Å². The standard InChI is InChI=1S/C15H18BrClN2/c1-15(2)7-3-4-13(15)19-12-8-10(16)5-6-11(12)18-14(19)9-17/h5-6,8,13H,3-4,7,9H2,1-2H3. The van der Waals surface area contributed by atoms with Gasteiger partial charge >= 0.3 is 0 Å². The number of nitrogens with zero attached hydrogens (tertiary/aromatic N) is 2. The molecule has 0 bridgehead atoms. The minimum atomic E-state index is 0.316. The first-order chi connectivity index (χ1) is 9.03. The maximum absolute atomic E-state index is 6.12. The molecule has 1 saturated carbocycles. The van der Waals surface area contributed by atoms with Crippen LogP contribution < -0.4 is 0 Å². The molecular formula is C15H18BrClN2. The second-order valence-electron chi connectivity index (χ2n) is 6.06. The first-order valence-corrected chi connectivity index (χ1v) is 8.08. The van der Waals surface area contributed by atoms with E-state index in [0.717, 1.165) is 15.8 Å². The Balaban J connectivity index is 2.23. The zero-order valence-electron chi connectivity index (χ0n) is 11.3. The summed E-state index contributed by atoms with van der Waals surface area (Å²) in [6.07, 6.45) is 3.77. The Kier molecular flexibility index (Phi) is 3.38. The fraction of sp³-hybridized carbons (Fsp3) is 0.533. The van der Waals surface area contributed by atoms with Gasteiger partial charge in [0.15, 0.2) is 0 Å². The zero-order chi connectivity index (χ0) is 13.6. The third-order valence-corrected chi connectivity index (χ3v) is 5.09. The molecule has 0 spiro atoms. The van der Waals surface area contributed by atoms with Crippen LogP contribution >= 0.6 is 27.5 Å². The van der Waals surface area contributed by atoms with E-state index in [4.69, 9.17) is 16.6 Å². The van der Waals surface area contributed by atoms with Gasteiger partial charge in [0.25, 0.3) is 0 Å². The molecule has 2 aromatic rings.